The van der Waals surface area contributed by atoms with E-state index < -0.39 is 16.1 Å². The first kappa shape index (κ1) is 40.3. The van der Waals surface area contributed by atoms with Gasteiger partial charge < -0.3 is 4.57 Å². The van der Waals surface area contributed by atoms with Crippen LogP contribution in [0, 0.1) is 0 Å². The van der Waals surface area contributed by atoms with E-state index in [0.717, 1.165) is 33.9 Å². The van der Waals surface area contributed by atoms with Crippen LogP contribution >= 0.6 is 11.3 Å². The molecule has 0 atom stereocenters. The van der Waals surface area contributed by atoms with Gasteiger partial charge in [0.2, 0.25) is 0 Å². The maximum absolute atomic E-state index is 5.45. The Morgan fingerprint density at radius 2 is 1.10 bits per heavy atom. The number of fused-ring (bicyclic) bond motifs is 7. The largest absolute Gasteiger partial charge is 0.327 e. The topological polar surface area (TPSA) is 34.0 Å². The van der Waals surface area contributed by atoms with Crippen molar-refractivity contribution < 1.29 is 0 Å². The number of anilines is 3. The maximum atomic E-state index is 5.45. The highest BCUT2D eigenvalue weighted by Crippen LogP contribution is 2.43. The Hall–Kier alpha value is -7.95. The predicted octanol–water partition coefficient (Wildman–Crippen LogP) is 9.54. The van der Waals surface area contributed by atoms with E-state index in [2.05, 4.69) is 259 Å². The summed E-state index contributed by atoms with van der Waals surface area (Å²) in [4.78, 5) is 13.1. The number of aryl methyl sites for hydroxylation is 1. The number of hydrogen-bond donors (Lipinski definition) is 0. The van der Waals surface area contributed by atoms with Crippen molar-refractivity contribution >= 4 is 117 Å². The van der Waals surface area contributed by atoms with E-state index in [1.807, 2.05) is 17.5 Å². The highest BCUT2D eigenvalue weighted by molar-refractivity contribution is 7.31. The monoisotopic (exact) mass is 920 g/mol. The molecule has 4 heterocycles. The van der Waals surface area contributed by atoms with E-state index in [1.165, 1.54) is 67.4 Å². The first-order valence-corrected chi connectivity index (χ1v) is 28.0. The van der Waals surface area contributed by atoms with Crippen LogP contribution in [0.1, 0.15) is 0 Å². The SMILES string of the molecule is Cn1c(-c2cccc([Si](c3ccccc3)(c3ccccc3)c3cccc(N4c5ccc6c(sc7ccccc76)c5[Si](c5ccccc5)(c5ccccc5)c5cccnc54)c3)c2)nc2ccccc21. The fraction of sp³-hybridized carbons (Fsp3) is 0.0164. The number of thiophene rings is 1. The van der Waals surface area contributed by atoms with Crippen molar-refractivity contribution in [2.24, 2.45) is 7.05 Å². The average molecular weight is 921 g/mol. The van der Waals surface area contributed by atoms with Gasteiger partial charge in [-0.15, -0.1) is 11.3 Å². The van der Waals surface area contributed by atoms with Gasteiger partial charge in [-0.3, -0.25) is 4.90 Å². The van der Waals surface area contributed by atoms with E-state index in [4.69, 9.17) is 9.97 Å². The molecular weight excluding hydrogens is 877 g/mol. The summed E-state index contributed by atoms with van der Waals surface area (Å²) in [6.07, 6.45) is 1.98. The summed E-state index contributed by atoms with van der Waals surface area (Å²) in [7, 11) is -3.98. The minimum absolute atomic E-state index is 0.954. The molecule has 0 spiro atoms. The number of hydrogen-bond acceptors (Lipinski definition) is 4. The van der Waals surface area contributed by atoms with Crippen LogP contribution in [0.2, 0.25) is 0 Å². The van der Waals surface area contributed by atoms with Crippen molar-refractivity contribution in [1.82, 2.24) is 14.5 Å². The van der Waals surface area contributed by atoms with Gasteiger partial charge in [-0.05, 0) is 84.0 Å². The third kappa shape index (κ3) is 5.96. The molecule has 4 nitrogen and oxygen atoms in total. The zero-order valence-electron chi connectivity index (χ0n) is 37.4. The van der Waals surface area contributed by atoms with Crippen LogP contribution in [0.5, 0.6) is 0 Å². The van der Waals surface area contributed by atoms with E-state index in [1.54, 1.807) is 0 Å². The van der Waals surface area contributed by atoms with Crippen molar-refractivity contribution in [3.8, 4) is 11.4 Å². The lowest BCUT2D eigenvalue weighted by atomic mass is 10.1. The van der Waals surface area contributed by atoms with Gasteiger partial charge in [-0.1, -0.05) is 200 Å². The number of rotatable bonds is 8. The molecule has 68 heavy (non-hydrogen) atoms. The van der Waals surface area contributed by atoms with Crippen molar-refractivity contribution in [1.29, 1.82) is 0 Å². The van der Waals surface area contributed by atoms with Crippen molar-refractivity contribution in [3.63, 3.8) is 0 Å². The molecule has 0 unspecified atom stereocenters. The molecule has 0 N–H and O–H groups in total. The molecular formula is C61H44N4SSi2. The molecule has 1 aliphatic heterocycles. The molecule has 0 saturated carbocycles. The first-order chi connectivity index (χ1) is 33.7. The lowest BCUT2D eigenvalue weighted by molar-refractivity contribution is 0.959. The van der Waals surface area contributed by atoms with Crippen molar-refractivity contribution in [2.45, 2.75) is 0 Å². The number of benzene rings is 9. The second-order valence-corrected chi connectivity index (χ2v) is 26.3. The third-order valence-electron chi connectivity index (χ3n) is 14.2. The minimum Gasteiger partial charge on any atom is -0.327 e. The maximum Gasteiger partial charge on any atom is 0.188 e. The van der Waals surface area contributed by atoms with Gasteiger partial charge in [0.05, 0.1) is 11.0 Å². The minimum atomic E-state index is -3.07. The second kappa shape index (κ2) is 16.1. The Kier molecular flexibility index (Phi) is 9.57. The molecule has 12 aromatic rings. The van der Waals surface area contributed by atoms with Crippen LogP contribution < -0.4 is 46.4 Å². The van der Waals surface area contributed by atoms with E-state index in [9.17, 15) is 0 Å². The lowest BCUT2D eigenvalue weighted by Gasteiger charge is -2.44. The molecule has 13 rings (SSSR count). The molecule has 0 bridgehead atoms. The Bertz CT molecular complexity index is 3750. The predicted molar refractivity (Wildman–Crippen MR) is 292 cm³/mol. The van der Waals surface area contributed by atoms with Gasteiger partial charge in [0.15, 0.2) is 16.1 Å². The average Bonchev–Trinajstić information content (AvgIpc) is 3.97. The van der Waals surface area contributed by atoms with Gasteiger partial charge >= 0.3 is 0 Å². The highest BCUT2D eigenvalue weighted by atomic mass is 32.1. The van der Waals surface area contributed by atoms with Crippen LogP contribution in [0.25, 0.3) is 42.6 Å². The molecule has 9 aromatic carbocycles. The fourth-order valence-corrected chi connectivity index (χ4v) is 23.1. The Balaban J connectivity index is 1.11. The van der Waals surface area contributed by atoms with Crippen LogP contribution in [-0.4, -0.2) is 30.7 Å². The highest BCUT2D eigenvalue weighted by Gasteiger charge is 2.51. The van der Waals surface area contributed by atoms with Gasteiger partial charge in [0.25, 0.3) is 0 Å². The number of imidazole rings is 1. The Morgan fingerprint density at radius 1 is 0.500 bits per heavy atom. The number of aromatic nitrogens is 3. The summed E-state index contributed by atoms with van der Waals surface area (Å²) in [5.41, 5.74) is 5.48. The molecule has 0 fully saturated rings. The van der Waals surface area contributed by atoms with Crippen LogP contribution in [0.15, 0.2) is 249 Å². The van der Waals surface area contributed by atoms with Gasteiger partial charge in [-0.25, -0.2) is 9.97 Å². The molecule has 3 aromatic heterocycles. The molecule has 7 heteroatoms. The van der Waals surface area contributed by atoms with Gasteiger partial charge in [0, 0.05) is 50.4 Å². The summed E-state index contributed by atoms with van der Waals surface area (Å²) in [5, 5.41) is 13.2. The summed E-state index contributed by atoms with van der Waals surface area (Å²) >= 11 is 1.93. The number of pyridine rings is 1. The van der Waals surface area contributed by atoms with Crippen LogP contribution in [0.3, 0.4) is 0 Å². The molecule has 322 valence electrons. The second-order valence-electron chi connectivity index (χ2n) is 17.7. The Labute approximate surface area is 401 Å². The smallest absolute Gasteiger partial charge is 0.188 e. The zero-order chi connectivity index (χ0) is 45.2. The van der Waals surface area contributed by atoms with Gasteiger partial charge in [0.1, 0.15) is 11.6 Å². The molecule has 0 amide bonds. The van der Waals surface area contributed by atoms with Crippen LogP contribution in [0.4, 0.5) is 17.2 Å². The molecule has 0 radical (unpaired) electrons. The van der Waals surface area contributed by atoms with Gasteiger partial charge in [-0.2, -0.15) is 0 Å². The summed E-state index contributed by atoms with van der Waals surface area (Å²) in [6, 6.07) is 90.4. The van der Waals surface area contributed by atoms with E-state index in [-0.39, 0.29) is 0 Å². The molecule has 1 aliphatic rings. The number of nitrogens with zero attached hydrogens (tertiary/aromatic N) is 4. The quantitative estimate of drug-likeness (QED) is 0.113. The van der Waals surface area contributed by atoms with Crippen LogP contribution in [-0.2, 0) is 7.05 Å². The lowest BCUT2D eigenvalue weighted by Crippen LogP contribution is -2.77. The fourth-order valence-electron chi connectivity index (χ4n) is 11.4. The zero-order valence-corrected chi connectivity index (χ0v) is 40.2. The van der Waals surface area contributed by atoms with Crippen molar-refractivity contribution in [2.75, 3.05) is 4.90 Å². The summed E-state index contributed by atoms with van der Waals surface area (Å²) in [6.45, 7) is 0. The number of para-hydroxylation sites is 2. The Morgan fingerprint density at radius 3 is 1.81 bits per heavy atom. The van der Waals surface area contributed by atoms with E-state index in [0.29, 0.717) is 0 Å². The summed E-state index contributed by atoms with van der Waals surface area (Å²) < 4.78 is 4.87. The normalized spacial score (nSPS) is 13.2. The van der Waals surface area contributed by atoms with Crippen molar-refractivity contribution in [3.05, 3.63) is 249 Å². The third-order valence-corrected chi connectivity index (χ3v) is 25.2. The van der Waals surface area contributed by atoms with E-state index >= 15 is 0 Å². The molecule has 0 saturated heterocycles. The summed E-state index contributed by atoms with van der Waals surface area (Å²) in [5.74, 6) is 1.93. The molecule has 0 aliphatic carbocycles. The standard InChI is InChI=1S/C61H44N4SSi2/c1-64-54-35-16-15-34-53(54)63-60(64)43-21-18-31-49(41-43)67(45-23-6-2-7-24-45,46-25-8-3-9-26-46)50-32-19-22-44(42-50)65-55-39-38-52-51-33-14-17-36-56(51)66-58(52)59(55)68(47-27-10-4-11-28-47,48-29-12-5-13-30-48)57-37-20-40-62-61(57)65/h2-42H,1H3. The first-order valence-electron chi connectivity index (χ1n) is 23.2.